The second-order valence-corrected chi connectivity index (χ2v) is 8.28. The summed E-state index contributed by atoms with van der Waals surface area (Å²) in [5.74, 6) is 1.24. The summed E-state index contributed by atoms with van der Waals surface area (Å²) in [6.07, 6.45) is 0. The van der Waals surface area contributed by atoms with E-state index in [4.69, 9.17) is 9.47 Å². The molecule has 0 fully saturated rings. The molecule has 0 aliphatic rings. The van der Waals surface area contributed by atoms with E-state index in [-0.39, 0.29) is 12.5 Å². The highest BCUT2D eigenvalue weighted by atomic mass is 32.1. The summed E-state index contributed by atoms with van der Waals surface area (Å²) in [6, 6.07) is 25.5. The standard InChI is InChI=1S/C26H24N2O3S/c1-3-30-21-15-13-20(14-16-21)25-18(2)32-26(28-25)27-24(29)17-31-23-12-8-7-11-22(23)19-9-5-4-6-10-19/h4-16H,3,17H2,1-2H3,(H,27,28,29). The van der Waals surface area contributed by atoms with Crippen molar-refractivity contribution >= 4 is 22.4 Å². The Bertz CT molecular complexity index is 1190. The van der Waals surface area contributed by atoms with E-state index in [0.717, 1.165) is 33.0 Å². The third kappa shape index (κ3) is 5.15. The van der Waals surface area contributed by atoms with Crippen molar-refractivity contribution in [1.82, 2.24) is 4.98 Å². The molecule has 5 nitrogen and oxygen atoms in total. The summed E-state index contributed by atoms with van der Waals surface area (Å²) in [4.78, 5) is 18.2. The average molecular weight is 445 g/mol. The number of carbonyl (C=O) groups excluding carboxylic acids is 1. The van der Waals surface area contributed by atoms with Crippen LogP contribution in [-0.2, 0) is 4.79 Å². The van der Waals surface area contributed by atoms with Crippen molar-refractivity contribution < 1.29 is 14.3 Å². The van der Waals surface area contributed by atoms with Crippen LogP contribution in [0.25, 0.3) is 22.4 Å². The van der Waals surface area contributed by atoms with Crippen LogP contribution in [0.2, 0.25) is 0 Å². The predicted molar refractivity (Wildman–Crippen MR) is 129 cm³/mol. The molecule has 0 aliphatic heterocycles. The Kier molecular flexibility index (Phi) is 6.82. The second-order valence-electron chi connectivity index (χ2n) is 7.08. The zero-order valence-corrected chi connectivity index (χ0v) is 18.8. The number of aryl methyl sites for hydroxylation is 1. The van der Waals surface area contributed by atoms with E-state index in [2.05, 4.69) is 10.3 Å². The zero-order valence-electron chi connectivity index (χ0n) is 18.0. The minimum atomic E-state index is -0.250. The first kappa shape index (κ1) is 21.6. The van der Waals surface area contributed by atoms with Gasteiger partial charge in [-0.25, -0.2) is 4.98 Å². The smallest absolute Gasteiger partial charge is 0.264 e. The van der Waals surface area contributed by atoms with Gasteiger partial charge in [-0.1, -0.05) is 48.5 Å². The molecular formula is C26H24N2O3S. The first-order valence-corrected chi connectivity index (χ1v) is 11.2. The van der Waals surface area contributed by atoms with Gasteiger partial charge in [0.2, 0.25) is 0 Å². The van der Waals surface area contributed by atoms with Gasteiger partial charge in [-0.15, -0.1) is 11.3 Å². The maximum absolute atomic E-state index is 12.5. The Balaban J connectivity index is 1.41. The molecule has 1 heterocycles. The molecule has 0 unspecified atom stereocenters. The molecule has 1 N–H and O–H groups in total. The fourth-order valence-corrected chi connectivity index (χ4v) is 4.19. The lowest BCUT2D eigenvalue weighted by Gasteiger charge is -2.11. The fourth-order valence-electron chi connectivity index (χ4n) is 3.34. The molecule has 1 amide bonds. The minimum Gasteiger partial charge on any atom is -0.494 e. The summed E-state index contributed by atoms with van der Waals surface area (Å²) in [5, 5.41) is 3.41. The third-order valence-corrected chi connectivity index (χ3v) is 5.70. The van der Waals surface area contributed by atoms with Crippen molar-refractivity contribution in [3.8, 4) is 33.9 Å². The van der Waals surface area contributed by atoms with Gasteiger partial charge in [-0.2, -0.15) is 0 Å². The number of ether oxygens (including phenoxy) is 2. The number of hydrogen-bond donors (Lipinski definition) is 1. The highest BCUT2D eigenvalue weighted by molar-refractivity contribution is 7.16. The molecule has 6 heteroatoms. The lowest BCUT2D eigenvalue weighted by Crippen LogP contribution is -2.20. The first-order valence-electron chi connectivity index (χ1n) is 10.4. The van der Waals surface area contributed by atoms with Crippen LogP contribution in [-0.4, -0.2) is 24.1 Å². The number of amides is 1. The van der Waals surface area contributed by atoms with E-state index in [1.165, 1.54) is 11.3 Å². The van der Waals surface area contributed by atoms with Gasteiger partial charge < -0.3 is 9.47 Å². The van der Waals surface area contributed by atoms with Gasteiger partial charge in [0.1, 0.15) is 11.5 Å². The molecule has 0 saturated heterocycles. The van der Waals surface area contributed by atoms with Gasteiger partial charge in [0.25, 0.3) is 5.91 Å². The van der Waals surface area contributed by atoms with Crippen LogP contribution in [0, 0.1) is 6.92 Å². The molecule has 1 aromatic heterocycles. The van der Waals surface area contributed by atoms with Crippen LogP contribution < -0.4 is 14.8 Å². The summed E-state index contributed by atoms with van der Waals surface area (Å²) in [6.45, 7) is 4.48. The summed E-state index contributed by atoms with van der Waals surface area (Å²) < 4.78 is 11.3. The van der Waals surface area contributed by atoms with E-state index < -0.39 is 0 Å². The molecule has 3 aromatic carbocycles. The number of hydrogen-bond acceptors (Lipinski definition) is 5. The molecule has 4 aromatic rings. The molecule has 4 rings (SSSR count). The normalized spacial score (nSPS) is 10.6. The molecule has 0 aliphatic carbocycles. The molecule has 0 atom stereocenters. The Morgan fingerprint density at radius 2 is 1.62 bits per heavy atom. The lowest BCUT2D eigenvalue weighted by molar-refractivity contribution is -0.118. The van der Waals surface area contributed by atoms with E-state index in [9.17, 15) is 4.79 Å². The quantitative estimate of drug-likeness (QED) is 0.351. The molecule has 32 heavy (non-hydrogen) atoms. The summed E-state index contributed by atoms with van der Waals surface area (Å²) in [5.41, 5.74) is 3.82. The van der Waals surface area contributed by atoms with Gasteiger partial charge in [0, 0.05) is 16.0 Å². The number of carbonyl (C=O) groups is 1. The number of aromatic nitrogens is 1. The SMILES string of the molecule is CCOc1ccc(-c2nc(NC(=O)COc3ccccc3-c3ccccc3)sc2C)cc1. The fraction of sp³-hybridized carbons (Fsp3) is 0.154. The van der Waals surface area contributed by atoms with E-state index >= 15 is 0 Å². The minimum absolute atomic E-state index is 0.0964. The Morgan fingerprint density at radius 1 is 0.906 bits per heavy atom. The maximum Gasteiger partial charge on any atom is 0.264 e. The van der Waals surface area contributed by atoms with Crippen LogP contribution in [0.5, 0.6) is 11.5 Å². The number of nitrogens with zero attached hydrogens (tertiary/aromatic N) is 1. The van der Waals surface area contributed by atoms with Crippen molar-refractivity contribution in [2.75, 3.05) is 18.5 Å². The van der Waals surface area contributed by atoms with Gasteiger partial charge >= 0.3 is 0 Å². The Hall–Kier alpha value is -3.64. The monoisotopic (exact) mass is 444 g/mol. The van der Waals surface area contributed by atoms with Gasteiger partial charge in [-0.05, 0) is 49.7 Å². The summed E-state index contributed by atoms with van der Waals surface area (Å²) >= 11 is 1.44. The van der Waals surface area contributed by atoms with E-state index in [0.29, 0.717) is 17.5 Å². The topological polar surface area (TPSA) is 60.5 Å². The van der Waals surface area contributed by atoms with Crippen molar-refractivity contribution in [2.24, 2.45) is 0 Å². The van der Waals surface area contributed by atoms with Crippen LogP contribution in [0.15, 0.2) is 78.9 Å². The number of rotatable bonds is 8. The van der Waals surface area contributed by atoms with Crippen LogP contribution in [0.3, 0.4) is 0 Å². The number of nitrogens with one attached hydrogen (secondary N) is 1. The van der Waals surface area contributed by atoms with Crippen molar-refractivity contribution in [3.63, 3.8) is 0 Å². The van der Waals surface area contributed by atoms with Crippen molar-refractivity contribution in [2.45, 2.75) is 13.8 Å². The van der Waals surface area contributed by atoms with Crippen LogP contribution in [0.4, 0.5) is 5.13 Å². The third-order valence-electron chi connectivity index (χ3n) is 4.81. The van der Waals surface area contributed by atoms with Gasteiger partial charge in [-0.3, -0.25) is 10.1 Å². The number of thiazole rings is 1. The molecule has 0 bridgehead atoms. The predicted octanol–water partition coefficient (Wildman–Crippen LogP) is 6.20. The molecule has 0 saturated carbocycles. The molecule has 162 valence electrons. The highest BCUT2D eigenvalue weighted by Gasteiger charge is 2.14. The first-order chi connectivity index (χ1) is 15.6. The largest absolute Gasteiger partial charge is 0.494 e. The van der Waals surface area contributed by atoms with Crippen molar-refractivity contribution in [3.05, 3.63) is 83.7 Å². The maximum atomic E-state index is 12.5. The Morgan fingerprint density at radius 3 is 2.38 bits per heavy atom. The average Bonchev–Trinajstić information content (AvgIpc) is 3.19. The number of benzene rings is 3. The van der Waals surface area contributed by atoms with Gasteiger partial charge in [0.05, 0.1) is 12.3 Å². The molecule has 0 spiro atoms. The van der Waals surface area contributed by atoms with Gasteiger partial charge in [0.15, 0.2) is 11.7 Å². The Labute approximate surface area is 191 Å². The highest BCUT2D eigenvalue weighted by Crippen LogP contribution is 2.32. The van der Waals surface area contributed by atoms with Crippen LogP contribution >= 0.6 is 11.3 Å². The van der Waals surface area contributed by atoms with E-state index in [1.54, 1.807) is 0 Å². The van der Waals surface area contributed by atoms with E-state index in [1.807, 2.05) is 92.7 Å². The number of para-hydroxylation sites is 1. The number of anilines is 1. The van der Waals surface area contributed by atoms with Crippen molar-refractivity contribution in [1.29, 1.82) is 0 Å². The van der Waals surface area contributed by atoms with Crippen LogP contribution in [0.1, 0.15) is 11.8 Å². The second kappa shape index (κ2) is 10.1. The lowest BCUT2D eigenvalue weighted by atomic mass is 10.1. The zero-order chi connectivity index (χ0) is 22.3. The molecular weight excluding hydrogens is 420 g/mol. The summed E-state index contributed by atoms with van der Waals surface area (Å²) in [7, 11) is 0. The molecule has 0 radical (unpaired) electrons.